The number of nitrogens with zero attached hydrogens (tertiary/aromatic N) is 7. The molecular formula is C42H78N8O3. The van der Waals surface area contributed by atoms with Gasteiger partial charge in [-0.3, -0.25) is 9.68 Å². The molecule has 1 aromatic heterocycles. The fraction of sp³-hybridized carbons (Fsp3) is 0.929. The Labute approximate surface area is 323 Å². The lowest BCUT2D eigenvalue weighted by Crippen LogP contribution is -2.65. The summed E-state index contributed by atoms with van der Waals surface area (Å²) < 4.78 is 0. The highest BCUT2D eigenvalue weighted by Gasteiger charge is 2.51. The molecule has 0 bridgehead atoms. The maximum absolute atomic E-state index is 9.82. The van der Waals surface area contributed by atoms with Crippen LogP contribution < -0.4 is 15.1 Å². The Kier molecular flexibility index (Phi) is 14.4. The monoisotopic (exact) mass is 743 g/mol. The van der Waals surface area contributed by atoms with Crippen molar-refractivity contribution in [2.24, 2.45) is 0 Å². The van der Waals surface area contributed by atoms with Crippen molar-refractivity contribution in [1.29, 1.82) is 0 Å². The molecule has 0 unspecified atom stereocenters. The highest BCUT2D eigenvalue weighted by Crippen LogP contribution is 2.45. The van der Waals surface area contributed by atoms with Crippen molar-refractivity contribution in [3.63, 3.8) is 0 Å². The number of nitrogens with one attached hydrogen (secondary N) is 1. The van der Waals surface area contributed by atoms with E-state index in [0.29, 0.717) is 24.7 Å². The van der Waals surface area contributed by atoms with Crippen molar-refractivity contribution >= 4 is 17.8 Å². The van der Waals surface area contributed by atoms with E-state index in [-0.39, 0.29) is 40.8 Å². The van der Waals surface area contributed by atoms with Gasteiger partial charge in [0.2, 0.25) is 17.8 Å². The Morgan fingerprint density at radius 1 is 0.623 bits per heavy atom. The number of hydrogen-bond acceptors (Lipinski definition) is 11. The molecule has 4 fully saturated rings. The summed E-state index contributed by atoms with van der Waals surface area (Å²) in [7, 11) is 0. The number of hydrogen-bond donors (Lipinski definition) is 2. The number of aliphatic hydroxyl groups excluding tert-OH is 1. The summed E-state index contributed by atoms with van der Waals surface area (Å²) >= 11 is 0. The fourth-order valence-electron chi connectivity index (χ4n) is 10.4. The molecule has 2 N–H and O–H groups in total. The maximum Gasteiger partial charge on any atom is 0.232 e. The van der Waals surface area contributed by atoms with Crippen molar-refractivity contribution in [2.75, 3.05) is 41.4 Å². The van der Waals surface area contributed by atoms with Crippen LogP contribution in [-0.2, 0) is 9.68 Å². The van der Waals surface area contributed by atoms with Gasteiger partial charge in [-0.1, -0.05) is 58.8 Å². The molecule has 1 aromatic rings. The Bertz CT molecular complexity index is 1240. The minimum absolute atomic E-state index is 0.0121. The Morgan fingerprint density at radius 2 is 1.04 bits per heavy atom. The van der Waals surface area contributed by atoms with Crippen LogP contribution in [0.3, 0.4) is 0 Å². The summed E-state index contributed by atoms with van der Waals surface area (Å²) in [5.74, 6) is 2.00. The first-order valence-corrected chi connectivity index (χ1v) is 21.7. The van der Waals surface area contributed by atoms with E-state index in [1.54, 1.807) is 0 Å². The largest absolute Gasteiger partial charge is 0.395 e. The first-order valence-electron chi connectivity index (χ1n) is 21.7. The summed E-state index contributed by atoms with van der Waals surface area (Å²) in [6.07, 6.45) is 19.9. The molecule has 53 heavy (non-hydrogen) atoms. The van der Waals surface area contributed by atoms with Crippen LogP contribution in [0.1, 0.15) is 178 Å². The first kappa shape index (κ1) is 42.4. The average Bonchev–Trinajstić information content (AvgIpc) is 3.10. The third-order valence-corrected chi connectivity index (χ3v) is 12.4. The zero-order valence-corrected chi connectivity index (χ0v) is 35.6. The molecular weight excluding hydrogens is 665 g/mol. The van der Waals surface area contributed by atoms with E-state index in [2.05, 4.69) is 94.5 Å². The summed E-state index contributed by atoms with van der Waals surface area (Å²) in [6.45, 7) is 25.5. The van der Waals surface area contributed by atoms with Gasteiger partial charge in [0.25, 0.3) is 0 Å². The molecule has 2 aliphatic heterocycles. The van der Waals surface area contributed by atoms with E-state index < -0.39 is 0 Å². The smallest absolute Gasteiger partial charge is 0.232 e. The van der Waals surface area contributed by atoms with E-state index >= 15 is 0 Å². The van der Waals surface area contributed by atoms with Gasteiger partial charge in [0, 0.05) is 53.9 Å². The predicted molar refractivity (Wildman–Crippen MR) is 217 cm³/mol. The molecule has 0 spiro atoms. The Balaban J connectivity index is 1.46. The number of rotatable bonds is 16. The molecule has 3 heterocycles. The van der Waals surface area contributed by atoms with E-state index in [1.807, 2.05) is 0 Å². The molecule has 2 saturated heterocycles. The summed E-state index contributed by atoms with van der Waals surface area (Å²) in [6, 6.07) is 0.464. The topological polar surface area (TPSA) is 102 Å². The van der Waals surface area contributed by atoms with Crippen LogP contribution in [0.4, 0.5) is 17.8 Å². The zero-order valence-electron chi connectivity index (χ0n) is 35.6. The average molecular weight is 743 g/mol. The Morgan fingerprint density at radius 3 is 1.42 bits per heavy atom. The normalized spacial score (nSPS) is 24.7. The summed E-state index contributed by atoms with van der Waals surface area (Å²) in [5.41, 5.74) is -0.661. The number of unbranched alkanes of at least 4 members (excludes halogenated alkanes) is 1. The highest BCUT2D eigenvalue weighted by atomic mass is 16.7. The second-order valence-corrected chi connectivity index (χ2v) is 19.3. The van der Waals surface area contributed by atoms with Crippen molar-refractivity contribution < 1.29 is 14.8 Å². The van der Waals surface area contributed by atoms with Crippen molar-refractivity contribution in [3.05, 3.63) is 0 Å². The van der Waals surface area contributed by atoms with Crippen molar-refractivity contribution in [2.45, 2.75) is 225 Å². The highest BCUT2D eigenvalue weighted by molar-refractivity contribution is 5.47. The number of piperidine rings is 2. The SMILES string of the molecule is CCCCN(c1nc(NCCO)nc(N(CCC)C2CC(C)(C)N(OC3CCCCC3)C(C)(C)C2)n1)C1CC(C)(C)N(OC2CCCCC2)C(C)(C)C1. The molecule has 0 atom stereocenters. The Hall–Kier alpha value is -1.79. The van der Waals surface area contributed by atoms with Crippen LogP contribution in [0.5, 0.6) is 0 Å². The van der Waals surface area contributed by atoms with Gasteiger partial charge in [-0.2, -0.15) is 25.1 Å². The maximum atomic E-state index is 9.82. The quantitative estimate of drug-likeness (QED) is 0.170. The van der Waals surface area contributed by atoms with Gasteiger partial charge in [-0.05, 0) is 120 Å². The number of aromatic nitrogens is 3. The molecule has 0 amide bonds. The summed E-state index contributed by atoms with van der Waals surface area (Å²) in [4.78, 5) is 34.3. The van der Waals surface area contributed by atoms with E-state index in [1.165, 1.54) is 38.5 Å². The zero-order chi connectivity index (χ0) is 38.4. The summed E-state index contributed by atoms with van der Waals surface area (Å²) in [5, 5.41) is 17.9. The van der Waals surface area contributed by atoms with Gasteiger partial charge >= 0.3 is 0 Å². The molecule has 304 valence electrons. The fourth-order valence-corrected chi connectivity index (χ4v) is 10.4. The number of hydroxylamine groups is 4. The van der Waals surface area contributed by atoms with E-state index in [4.69, 9.17) is 24.6 Å². The number of aliphatic hydroxyl groups is 1. The van der Waals surface area contributed by atoms with Crippen molar-refractivity contribution in [3.8, 4) is 0 Å². The van der Waals surface area contributed by atoms with Crippen LogP contribution in [0, 0.1) is 0 Å². The van der Waals surface area contributed by atoms with Crippen LogP contribution in [-0.4, -0.2) is 103 Å². The van der Waals surface area contributed by atoms with Gasteiger partial charge < -0.3 is 20.2 Å². The van der Waals surface area contributed by atoms with Gasteiger partial charge in [0.05, 0.1) is 18.8 Å². The third kappa shape index (κ3) is 10.5. The lowest BCUT2D eigenvalue weighted by atomic mass is 9.78. The van der Waals surface area contributed by atoms with Crippen LogP contribution in [0.25, 0.3) is 0 Å². The number of anilines is 3. The minimum Gasteiger partial charge on any atom is -0.395 e. The van der Waals surface area contributed by atoms with Gasteiger partial charge in [-0.25, -0.2) is 0 Å². The van der Waals surface area contributed by atoms with Crippen LogP contribution >= 0.6 is 0 Å². The van der Waals surface area contributed by atoms with E-state index in [0.717, 1.165) is 95.6 Å². The lowest BCUT2D eigenvalue weighted by Gasteiger charge is -2.57. The van der Waals surface area contributed by atoms with Gasteiger partial charge in [0.15, 0.2) is 0 Å². The first-order chi connectivity index (χ1) is 25.1. The standard InChI is InChI=1S/C42H78N8O3/c1-11-13-26-48(33-30-41(7,8)50(42(9,10)31-33)53-35-22-18-15-19-23-35)38-45-36(43-24-27-51)44-37(46-38)47(25-12-2)32-28-39(3,4)49(40(5,6)29-32)52-34-20-16-14-17-21-34/h32-35,51H,11-31H2,1-10H3,(H,43,44,45,46). The predicted octanol–water partition coefficient (Wildman–Crippen LogP) is 8.67. The molecule has 0 radical (unpaired) electrons. The lowest BCUT2D eigenvalue weighted by molar-refractivity contribution is -0.310. The van der Waals surface area contributed by atoms with Crippen LogP contribution in [0.2, 0.25) is 0 Å². The van der Waals surface area contributed by atoms with Crippen LogP contribution in [0.15, 0.2) is 0 Å². The molecule has 4 aliphatic rings. The second-order valence-electron chi connectivity index (χ2n) is 19.3. The molecule has 11 heteroatoms. The molecule has 11 nitrogen and oxygen atoms in total. The minimum atomic E-state index is -0.165. The van der Waals surface area contributed by atoms with Gasteiger partial charge in [-0.15, -0.1) is 0 Å². The molecule has 0 aromatic carbocycles. The van der Waals surface area contributed by atoms with Gasteiger partial charge in [0.1, 0.15) is 0 Å². The molecule has 2 saturated carbocycles. The molecule has 2 aliphatic carbocycles. The molecule has 5 rings (SSSR count). The second kappa shape index (κ2) is 18.0. The van der Waals surface area contributed by atoms with Crippen molar-refractivity contribution in [1.82, 2.24) is 25.1 Å². The van der Waals surface area contributed by atoms with E-state index in [9.17, 15) is 5.11 Å². The third-order valence-electron chi connectivity index (χ3n) is 12.4.